The number of ketones is 1. The minimum Gasteiger partial charge on any atom is -0.872 e. The topological polar surface area (TPSA) is 86.8 Å². The van der Waals surface area contributed by atoms with Crippen LogP contribution in [0.4, 0.5) is 5.69 Å². The number of anilines is 1. The van der Waals surface area contributed by atoms with Crippen molar-refractivity contribution >= 4 is 22.8 Å². The first-order valence-corrected chi connectivity index (χ1v) is 10.8. The van der Waals surface area contributed by atoms with E-state index in [2.05, 4.69) is 9.48 Å². The Morgan fingerprint density at radius 2 is 1.74 bits per heavy atom. The number of phenols is 1. The molecular formula is C25H30N2O4. The largest absolute Gasteiger partial charge is 0.872 e. The molecule has 0 bridgehead atoms. The van der Waals surface area contributed by atoms with Crippen molar-refractivity contribution in [2.75, 3.05) is 31.1 Å². The van der Waals surface area contributed by atoms with E-state index < -0.39 is 5.76 Å². The molecule has 6 heteroatoms. The molecule has 0 heterocycles. The molecule has 2 aliphatic carbocycles. The van der Waals surface area contributed by atoms with Crippen LogP contribution in [0.1, 0.15) is 39.7 Å². The zero-order valence-electron chi connectivity index (χ0n) is 18.6. The number of carbonyl (C=O) groups excluding carboxylic acids is 1. The molecule has 0 atom stereocenters. The fourth-order valence-electron chi connectivity index (χ4n) is 4.17. The van der Waals surface area contributed by atoms with E-state index in [1.807, 2.05) is 39.8 Å². The van der Waals surface area contributed by atoms with Crippen LogP contribution in [0, 0.1) is 0 Å². The third-order valence-electron chi connectivity index (χ3n) is 5.93. The lowest BCUT2D eigenvalue weighted by Crippen LogP contribution is -2.21. The highest BCUT2D eigenvalue weighted by atomic mass is 16.3. The lowest BCUT2D eigenvalue weighted by Gasteiger charge is -2.22. The van der Waals surface area contributed by atoms with Gasteiger partial charge in [-0.2, -0.15) is 0 Å². The molecule has 1 aromatic rings. The molecular weight excluding hydrogens is 392 g/mol. The molecule has 0 aliphatic heterocycles. The van der Waals surface area contributed by atoms with Gasteiger partial charge < -0.3 is 20.2 Å². The number of benzene rings is 1. The Morgan fingerprint density at radius 3 is 2.29 bits per heavy atom. The highest BCUT2D eigenvalue weighted by Gasteiger charge is 2.29. The maximum Gasteiger partial charge on any atom is 0.203 e. The molecule has 1 aromatic carbocycles. The molecule has 164 valence electrons. The number of aromatic hydroxyl groups is 1. The second kappa shape index (κ2) is 9.25. The smallest absolute Gasteiger partial charge is 0.203 e. The first-order valence-electron chi connectivity index (χ1n) is 10.8. The second-order valence-electron chi connectivity index (χ2n) is 7.53. The van der Waals surface area contributed by atoms with Gasteiger partial charge in [0, 0.05) is 54.0 Å². The van der Waals surface area contributed by atoms with E-state index in [0.717, 1.165) is 37.6 Å². The zero-order chi connectivity index (χ0) is 22.7. The lowest BCUT2D eigenvalue weighted by atomic mass is 9.98. The number of hydrogen-bond donors (Lipinski definition) is 2. The van der Waals surface area contributed by atoms with Gasteiger partial charge in [0.15, 0.2) is 5.78 Å². The standard InChI is InChI=1S/C25H30N2O4/c1-5-26(6-2)16-9-11-18(21(28)13-16)20-15-23(30)24(25(20)31)19-12-10-17(14-22(19)29)27(7-3)8-4/h9-14H,5-8,15H2,1-4H3,(H2,28,29,30,31). The summed E-state index contributed by atoms with van der Waals surface area (Å²) >= 11 is 0. The Kier molecular flexibility index (Phi) is 6.68. The minimum absolute atomic E-state index is 0.0224. The summed E-state index contributed by atoms with van der Waals surface area (Å²) in [5.74, 6) is -0.911. The van der Waals surface area contributed by atoms with Crippen LogP contribution in [-0.2, 0) is 4.79 Å². The molecule has 0 saturated heterocycles. The van der Waals surface area contributed by atoms with Crippen LogP contribution in [0.5, 0.6) is 5.75 Å². The molecule has 0 fully saturated rings. The van der Waals surface area contributed by atoms with E-state index >= 15 is 0 Å². The average molecular weight is 423 g/mol. The summed E-state index contributed by atoms with van der Waals surface area (Å²) in [6.07, 6.45) is 5.07. The summed E-state index contributed by atoms with van der Waals surface area (Å²) in [7, 11) is 0. The van der Waals surface area contributed by atoms with Crippen molar-refractivity contribution in [2.45, 2.75) is 34.1 Å². The predicted molar refractivity (Wildman–Crippen MR) is 121 cm³/mol. The number of phenolic OH excluding ortho intramolecular Hbond substituents is 1. The van der Waals surface area contributed by atoms with E-state index in [4.69, 9.17) is 0 Å². The maximum absolute atomic E-state index is 13.1. The molecule has 0 radical (unpaired) electrons. The molecule has 0 spiro atoms. The van der Waals surface area contributed by atoms with Crippen LogP contribution in [0.3, 0.4) is 0 Å². The summed E-state index contributed by atoms with van der Waals surface area (Å²) in [5, 5.41) is 34.3. The quantitative estimate of drug-likeness (QED) is 0.688. The number of carbonyl (C=O) groups is 1. The van der Waals surface area contributed by atoms with Crippen molar-refractivity contribution in [1.29, 1.82) is 0 Å². The van der Waals surface area contributed by atoms with Gasteiger partial charge in [0.25, 0.3) is 0 Å². The van der Waals surface area contributed by atoms with Crippen molar-refractivity contribution < 1.29 is 24.7 Å². The van der Waals surface area contributed by atoms with Gasteiger partial charge in [-0.25, -0.2) is 4.58 Å². The number of hydrogen-bond acceptors (Lipinski definition) is 5. The van der Waals surface area contributed by atoms with E-state index in [1.165, 1.54) is 0 Å². The van der Waals surface area contributed by atoms with Crippen molar-refractivity contribution in [3.63, 3.8) is 0 Å². The number of allylic oxidation sites excluding steroid dienone is 5. The molecule has 2 aliphatic rings. The van der Waals surface area contributed by atoms with Gasteiger partial charge in [-0.15, -0.1) is 0 Å². The lowest BCUT2D eigenvalue weighted by molar-refractivity contribution is -0.519. The van der Waals surface area contributed by atoms with Gasteiger partial charge in [0.2, 0.25) is 5.71 Å². The normalized spacial score (nSPS) is 18.6. The number of rotatable bonds is 6. The molecule has 31 heavy (non-hydrogen) atoms. The highest BCUT2D eigenvalue weighted by Crippen LogP contribution is 2.40. The van der Waals surface area contributed by atoms with Crippen molar-refractivity contribution in [3.05, 3.63) is 64.7 Å². The monoisotopic (exact) mass is 422 g/mol. The Hall–Kier alpha value is -3.28. The third kappa shape index (κ3) is 4.15. The Morgan fingerprint density at radius 1 is 1.06 bits per heavy atom. The van der Waals surface area contributed by atoms with Gasteiger partial charge >= 0.3 is 0 Å². The van der Waals surface area contributed by atoms with Crippen molar-refractivity contribution in [3.8, 4) is 5.75 Å². The third-order valence-corrected chi connectivity index (χ3v) is 5.93. The van der Waals surface area contributed by atoms with Crippen molar-refractivity contribution in [1.82, 2.24) is 0 Å². The fraction of sp³-hybridized carbons (Fsp3) is 0.360. The number of aliphatic hydroxyl groups excluding tert-OH is 1. The van der Waals surface area contributed by atoms with Crippen molar-refractivity contribution in [2.24, 2.45) is 0 Å². The number of Topliss-reactive ketones (excluding diaryl/α,β-unsaturated/α-hetero) is 1. The van der Waals surface area contributed by atoms with E-state index in [0.29, 0.717) is 5.57 Å². The summed E-state index contributed by atoms with van der Waals surface area (Å²) in [6, 6.07) is 5.02. The van der Waals surface area contributed by atoms with Crippen LogP contribution in [0.15, 0.2) is 59.1 Å². The summed E-state index contributed by atoms with van der Waals surface area (Å²) < 4.78 is 2.09. The number of nitrogens with zero attached hydrogens (tertiary/aromatic N) is 2. The van der Waals surface area contributed by atoms with Gasteiger partial charge in [0.05, 0.1) is 6.08 Å². The summed E-state index contributed by atoms with van der Waals surface area (Å²) in [5.41, 5.74) is 2.53. The zero-order valence-corrected chi connectivity index (χ0v) is 18.6. The first-order chi connectivity index (χ1) is 14.9. The molecule has 0 amide bonds. The minimum atomic E-state index is -0.443. The molecule has 3 rings (SSSR count). The highest BCUT2D eigenvalue weighted by molar-refractivity contribution is 6.26. The van der Waals surface area contributed by atoms with Gasteiger partial charge in [-0.3, -0.25) is 4.79 Å². The summed E-state index contributed by atoms with van der Waals surface area (Å²) in [4.78, 5) is 14.8. The van der Waals surface area contributed by atoms with Crippen LogP contribution in [0.2, 0.25) is 0 Å². The Balaban J connectivity index is 2.05. The Bertz CT molecular complexity index is 1050. The predicted octanol–water partition coefficient (Wildman–Crippen LogP) is 3.08. The molecule has 0 aromatic heterocycles. The SMILES string of the molecule is CCN(CC)c1ccc(C2=C([O-])/C(=C3\C=CC(=[N+](CC)CC)C=C3O)CC2=O)c(O)c1. The van der Waals surface area contributed by atoms with Crippen LogP contribution < -0.4 is 10.0 Å². The number of aliphatic hydroxyl groups is 1. The maximum atomic E-state index is 13.1. The van der Waals surface area contributed by atoms with Gasteiger partial charge in [-0.05, 0) is 51.5 Å². The van der Waals surface area contributed by atoms with Crippen LogP contribution >= 0.6 is 0 Å². The van der Waals surface area contributed by atoms with E-state index in [-0.39, 0.29) is 40.4 Å². The van der Waals surface area contributed by atoms with Gasteiger partial charge in [0.1, 0.15) is 24.6 Å². The molecule has 2 N–H and O–H groups in total. The Labute approximate surface area is 183 Å². The molecule has 0 unspecified atom stereocenters. The van der Waals surface area contributed by atoms with Crippen LogP contribution in [0.25, 0.3) is 5.57 Å². The van der Waals surface area contributed by atoms with Gasteiger partial charge in [-0.1, -0.05) is 5.76 Å². The second-order valence-corrected chi connectivity index (χ2v) is 7.53. The average Bonchev–Trinajstić information content (AvgIpc) is 3.04. The fourth-order valence-corrected chi connectivity index (χ4v) is 4.17. The molecule has 0 saturated carbocycles. The van der Waals surface area contributed by atoms with E-state index in [9.17, 15) is 20.1 Å². The summed E-state index contributed by atoms with van der Waals surface area (Å²) in [6.45, 7) is 11.3. The molecule has 6 nitrogen and oxygen atoms in total. The first kappa shape index (κ1) is 22.4. The van der Waals surface area contributed by atoms with E-state index in [1.54, 1.807) is 24.3 Å². The van der Waals surface area contributed by atoms with Crippen LogP contribution in [-0.4, -0.2) is 52.5 Å².